The number of hydrogen-bond donors (Lipinski definition) is 1. The van der Waals surface area contributed by atoms with Crippen LogP contribution in [0.15, 0.2) is 48.7 Å². The van der Waals surface area contributed by atoms with Crippen LogP contribution in [0.4, 0.5) is 4.79 Å². The Bertz CT molecular complexity index is 1620. The summed E-state index contributed by atoms with van der Waals surface area (Å²) in [6.45, 7) is 3.97. The maximum Gasteiger partial charge on any atom is 0.506 e. The van der Waals surface area contributed by atoms with Gasteiger partial charge in [0, 0.05) is 40.7 Å². The van der Waals surface area contributed by atoms with E-state index in [4.69, 9.17) is 14.7 Å². The van der Waals surface area contributed by atoms with Gasteiger partial charge in [-0.2, -0.15) is 0 Å². The van der Waals surface area contributed by atoms with Gasteiger partial charge < -0.3 is 19.3 Å². The van der Waals surface area contributed by atoms with Crippen LogP contribution >= 0.6 is 11.3 Å². The van der Waals surface area contributed by atoms with E-state index >= 15 is 0 Å². The van der Waals surface area contributed by atoms with Crippen LogP contribution in [0.2, 0.25) is 0 Å². The van der Waals surface area contributed by atoms with Gasteiger partial charge in [-0.3, -0.25) is 4.79 Å². The van der Waals surface area contributed by atoms with E-state index in [0.717, 1.165) is 65.1 Å². The molecular weight excluding hydrogens is 524 g/mol. The lowest BCUT2D eigenvalue weighted by Gasteiger charge is -2.32. The lowest BCUT2D eigenvalue weighted by molar-refractivity contribution is -0.134. The summed E-state index contributed by atoms with van der Waals surface area (Å²) in [7, 11) is 0. The van der Waals surface area contributed by atoms with Crippen LogP contribution in [0.3, 0.4) is 0 Å². The first kappa shape index (κ1) is 25.3. The number of benzene rings is 1. The molecule has 3 aromatic heterocycles. The molecule has 0 unspecified atom stereocenters. The van der Waals surface area contributed by atoms with Crippen molar-refractivity contribution in [2.24, 2.45) is 5.41 Å². The van der Waals surface area contributed by atoms with E-state index in [0.29, 0.717) is 32.5 Å². The Labute approximate surface area is 236 Å². The Kier molecular flexibility index (Phi) is 5.96. The first-order valence-electron chi connectivity index (χ1n) is 14.0. The molecule has 1 amide bonds. The van der Waals surface area contributed by atoms with Gasteiger partial charge in [-0.25, -0.2) is 14.8 Å². The third kappa shape index (κ3) is 4.27. The summed E-state index contributed by atoms with van der Waals surface area (Å²) in [5, 5.41) is 11.4. The standard InChI is InChI=1S/C31H32N4O4S/c1-20-25(40-28(33-20)21-6-3-2-4-7-21)18-35-24-17-34(15-9-22(24)23-8-5-14-32-27(23)35)26(36)16-30-10-12-31(19-30,13-11-30)39-29(37)38/h2-8,14H,9-13,15-19H2,1H3,(H,37,38). The largest absolute Gasteiger partial charge is 0.506 e. The average molecular weight is 557 g/mol. The summed E-state index contributed by atoms with van der Waals surface area (Å²) in [6, 6.07) is 14.4. The molecule has 1 aliphatic heterocycles. The van der Waals surface area contributed by atoms with Crippen LogP contribution in [0.25, 0.3) is 21.6 Å². The number of hydrogen-bond acceptors (Lipinski definition) is 6. The number of aryl methyl sites for hydroxylation is 1. The van der Waals surface area contributed by atoms with Crippen molar-refractivity contribution in [1.82, 2.24) is 19.4 Å². The number of fused-ring (bicyclic) bond motifs is 5. The number of carboxylic acid groups (broad SMARTS) is 1. The molecule has 0 atom stereocenters. The molecule has 0 radical (unpaired) electrons. The van der Waals surface area contributed by atoms with Gasteiger partial charge in [0.25, 0.3) is 0 Å². The van der Waals surface area contributed by atoms with Crippen LogP contribution < -0.4 is 0 Å². The van der Waals surface area contributed by atoms with Crippen LogP contribution in [0.1, 0.15) is 60.4 Å². The third-order valence-corrected chi connectivity index (χ3v) is 10.5. The van der Waals surface area contributed by atoms with E-state index in [1.165, 1.54) is 10.4 Å². The predicted molar refractivity (Wildman–Crippen MR) is 152 cm³/mol. The zero-order valence-corrected chi connectivity index (χ0v) is 23.4. The minimum Gasteiger partial charge on any atom is -0.450 e. The zero-order chi connectivity index (χ0) is 27.5. The lowest BCUT2D eigenvalue weighted by atomic mass is 9.80. The Morgan fingerprint density at radius 1 is 1.10 bits per heavy atom. The normalized spacial score (nSPS) is 23.5. The fourth-order valence-corrected chi connectivity index (χ4v) is 8.39. The molecule has 1 aromatic carbocycles. The van der Waals surface area contributed by atoms with Gasteiger partial charge in [0.1, 0.15) is 16.3 Å². The highest BCUT2D eigenvalue weighted by atomic mass is 32.1. The van der Waals surface area contributed by atoms with Crippen LogP contribution in [0, 0.1) is 12.3 Å². The number of pyridine rings is 1. The maximum atomic E-state index is 13.7. The van der Waals surface area contributed by atoms with Crippen LogP contribution in [-0.2, 0) is 29.0 Å². The second kappa shape index (κ2) is 9.44. The summed E-state index contributed by atoms with van der Waals surface area (Å²) in [4.78, 5) is 37.8. The average Bonchev–Trinajstić information content (AvgIpc) is 3.69. The van der Waals surface area contributed by atoms with E-state index in [-0.39, 0.29) is 11.3 Å². The Morgan fingerprint density at radius 2 is 1.90 bits per heavy atom. The van der Waals surface area contributed by atoms with Gasteiger partial charge in [0.15, 0.2) is 0 Å². The van der Waals surface area contributed by atoms with Gasteiger partial charge in [0.05, 0.1) is 18.8 Å². The zero-order valence-electron chi connectivity index (χ0n) is 22.6. The lowest BCUT2D eigenvalue weighted by Crippen LogP contribution is -2.39. The van der Waals surface area contributed by atoms with Crippen LogP contribution in [0.5, 0.6) is 0 Å². The molecule has 8 nitrogen and oxygen atoms in total. The van der Waals surface area contributed by atoms with E-state index in [1.54, 1.807) is 11.3 Å². The van der Waals surface area contributed by atoms with E-state index in [1.807, 2.05) is 35.4 Å². The number of carbonyl (C=O) groups is 2. The molecular formula is C31H32N4O4S. The van der Waals surface area contributed by atoms with Crippen molar-refractivity contribution in [1.29, 1.82) is 0 Å². The van der Waals surface area contributed by atoms with Gasteiger partial charge in [-0.1, -0.05) is 30.3 Å². The second-order valence-corrected chi connectivity index (χ2v) is 12.8. The Morgan fingerprint density at radius 3 is 2.67 bits per heavy atom. The highest BCUT2D eigenvalue weighted by Crippen LogP contribution is 2.60. The van der Waals surface area contributed by atoms with E-state index in [2.05, 4.69) is 29.7 Å². The summed E-state index contributed by atoms with van der Waals surface area (Å²) in [6.07, 6.45) is 5.69. The minimum atomic E-state index is -1.21. The molecule has 7 rings (SSSR count). The molecule has 0 spiro atoms. The monoisotopic (exact) mass is 556 g/mol. The number of carbonyl (C=O) groups excluding carboxylic acids is 1. The Balaban J connectivity index is 1.15. The highest BCUT2D eigenvalue weighted by molar-refractivity contribution is 7.15. The van der Waals surface area contributed by atoms with Crippen LogP contribution in [-0.4, -0.2) is 48.7 Å². The number of aromatic nitrogens is 3. The Hall–Kier alpha value is -3.72. The van der Waals surface area contributed by atoms with Gasteiger partial charge in [0.2, 0.25) is 5.91 Å². The topological polar surface area (TPSA) is 97.5 Å². The second-order valence-electron chi connectivity index (χ2n) is 11.7. The van der Waals surface area contributed by atoms with Gasteiger partial charge >= 0.3 is 6.16 Å². The molecule has 1 N–H and O–H groups in total. The molecule has 2 aliphatic carbocycles. The van der Waals surface area contributed by atoms with Gasteiger partial charge in [-0.05, 0) is 68.6 Å². The van der Waals surface area contributed by atoms with Crippen molar-refractivity contribution < 1.29 is 19.4 Å². The molecule has 3 aliphatic rings. The quantitative estimate of drug-likeness (QED) is 0.285. The van der Waals surface area contributed by atoms with Gasteiger partial charge in [-0.15, -0.1) is 11.3 Å². The molecule has 40 heavy (non-hydrogen) atoms. The molecule has 2 fully saturated rings. The van der Waals surface area contributed by atoms with Crippen molar-refractivity contribution >= 4 is 34.4 Å². The first-order valence-corrected chi connectivity index (χ1v) is 14.8. The molecule has 2 saturated carbocycles. The summed E-state index contributed by atoms with van der Waals surface area (Å²) < 4.78 is 7.60. The number of rotatable bonds is 6. The number of nitrogens with zero attached hydrogens (tertiary/aromatic N) is 4. The molecule has 206 valence electrons. The van der Waals surface area contributed by atoms with E-state index < -0.39 is 11.8 Å². The highest BCUT2D eigenvalue weighted by Gasteiger charge is 2.57. The molecule has 2 bridgehead atoms. The fourth-order valence-electron chi connectivity index (χ4n) is 7.33. The molecule has 4 heterocycles. The molecule has 0 saturated heterocycles. The first-order chi connectivity index (χ1) is 19.3. The summed E-state index contributed by atoms with van der Waals surface area (Å²) in [5.74, 6) is 0.156. The van der Waals surface area contributed by atoms with Crippen molar-refractivity contribution in [2.45, 2.75) is 70.6 Å². The number of thiazole rings is 1. The summed E-state index contributed by atoms with van der Waals surface area (Å²) in [5.41, 5.74) is 4.79. The molecule has 9 heteroatoms. The maximum absolute atomic E-state index is 13.7. The summed E-state index contributed by atoms with van der Waals surface area (Å²) >= 11 is 1.72. The van der Waals surface area contributed by atoms with Crippen molar-refractivity contribution in [3.05, 3.63) is 70.5 Å². The fraction of sp³-hybridized carbons (Fsp3) is 0.419. The third-order valence-electron chi connectivity index (χ3n) is 9.33. The SMILES string of the molecule is Cc1nc(-c2ccccc2)sc1Cn1c2c(c3cccnc31)CCN(C(=O)CC13CCC(OC(=O)O)(CC1)C3)C2. The minimum absolute atomic E-state index is 0.144. The molecule has 4 aromatic rings. The number of amides is 1. The van der Waals surface area contributed by atoms with Crippen molar-refractivity contribution in [3.63, 3.8) is 0 Å². The van der Waals surface area contributed by atoms with Crippen molar-refractivity contribution in [2.75, 3.05) is 6.54 Å². The predicted octanol–water partition coefficient (Wildman–Crippen LogP) is 6.19. The smallest absolute Gasteiger partial charge is 0.450 e. The number of ether oxygens (including phenoxy) is 1. The van der Waals surface area contributed by atoms with E-state index in [9.17, 15) is 14.7 Å². The van der Waals surface area contributed by atoms with Crippen molar-refractivity contribution in [3.8, 4) is 10.6 Å².